The van der Waals surface area contributed by atoms with Gasteiger partial charge in [0, 0.05) is 29.3 Å². The molecule has 3 aromatic heterocycles. The number of amides is 2. The molecule has 4 heterocycles. The van der Waals surface area contributed by atoms with Gasteiger partial charge in [-0.15, -0.1) is 5.10 Å². The third-order valence-corrected chi connectivity index (χ3v) is 10.3. The van der Waals surface area contributed by atoms with Crippen LogP contribution in [0, 0.1) is 12.8 Å². The summed E-state index contributed by atoms with van der Waals surface area (Å²) in [6.07, 6.45) is -0.312. The maximum Gasteiger partial charge on any atom is 0.416 e. The molecular formula is C29H25BrClF3N8O4. The lowest BCUT2D eigenvalue weighted by Crippen LogP contribution is -2.63. The molecule has 1 aromatic carbocycles. The van der Waals surface area contributed by atoms with Crippen LogP contribution in [0.3, 0.4) is 0 Å². The Bertz CT molecular complexity index is 2020. The number of hydrogen-bond acceptors (Lipinski definition) is 8. The van der Waals surface area contributed by atoms with E-state index in [1.807, 2.05) is 0 Å². The van der Waals surface area contributed by atoms with E-state index >= 15 is 0 Å². The van der Waals surface area contributed by atoms with Crippen LogP contribution in [0.5, 0.6) is 5.75 Å². The van der Waals surface area contributed by atoms with Gasteiger partial charge in [-0.3, -0.25) is 14.4 Å². The number of halogens is 5. The van der Waals surface area contributed by atoms with E-state index in [1.54, 1.807) is 16.4 Å². The summed E-state index contributed by atoms with van der Waals surface area (Å²) in [4.78, 5) is 55.0. The van der Waals surface area contributed by atoms with Crippen LogP contribution in [-0.2, 0) is 29.4 Å². The average Bonchev–Trinajstić information content (AvgIpc) is 3.55. The van der Waals surface area contributed by atoms with Crippen molar-refractivity contribution in [3.05, 3.63) is 72.8 Å². The zero-order valence-electron chi connectivity index (χ0n) is 24.1. The fourth-order valence-corrected chi connectivity index (χ4v) is 7.94. The summed E-state index contributed by atoms with van der Waals surface area (Å²) >= 11 is 9.31. The number of aryl methyl sites for hydroxylation is 1. The molecule has 2 N–H and O–H groups in total. The minimum atomic E-state index is -4.59. The van der Waals surface area contributed by atoms with Gasteiger partial charge in [0.05, 0.1) is 22.0 Å². The molecule has 1 saturated carbocycles. The fraction of sp³-hybridized carbons (Fsp3) is 0.414. The Labute approximate surface area is 271 Å². The van der Waals surface area contributed by atoms with Crippen molar-refractivity contribution in [2.75, 3.05) is 11.9 Å². The molecule has 1 spiro atoms. The van der Waals surface area contributed by atoms with Crippen LogP contribution >= 0.6 is 27.5 Å². The molecule has 3 unspecified atom stereocenters. The van der Waals surface area contributed by atoms with Crippen LogP contribution in [0.25, 0.3) is 5.78 Å². The van der Waals surface area contributed by atoms with Crippen LogP contribution in [-0.4, -0.2) is 63.5 Å². The van der Waals surface area contributed by atoms with Crippen molar-refractivity contribution in [2.45, 2.75) is 63.2 Å². The summed E-state index contributed by atoms with van der Waals surface area (Å²) in [5, 5.41) is 17.0. The van der Waals surface area contributed by atoms with Gasteiger partial charge in [0.2, 0.25) is 16.4 Å². The molecule has 0 bridgehead atoms. The summed E-state index contributed by atoms with van der Waals surface area (Å²) in [5.41, 5.74) is -0.478. The number of fused-ring (bicyclic) bond motifs is 5. The molecule has 1 saturated heterocycles. The first-order chi connectivity index (χ1) is 21.8. The number of piperidine rings is 1. The highest BCUT2D eigenvalue weighted by Crippen LogP contribution is 2.56. The van der Waals surface area contributed by atoms with E-state index in [1.165, 1.54) is 6.33 Å². The molecule has 2 aliphatic carbocycles. The van der Waals surface area contributed by atoms with Crippen molar-refractivity contribution in [3.63, 3.8) is 0 Å². The summed E-state index contributed by atoms with van der Waals surface area (Å²) in [6, 6.07) is 2.48. The molecule has 1 aliphatic heterocycles. The lowest BCUT2D eigenvalue weighted by Gasteiger charge is -2.57. The van der Waals surface area contributed by atoms with Crippen molar-refractivity contribution in [2.24, 2.45) is 5.92 Å². The largest absolute Gasteiger partial charge is 0.504 e. The van der Waals surface area contributed by atoms with Gasteiger partial charge < -0.3 is 19.9 Å². The Hall–Kier alpha value is -4.05. The van der Waals surface area contributed by atoms with Gasteiger partial charge >= 0.3 is 6.18 Å². The van der Waals surface area contributed by atoms with E-state index in [9.17, 15) is 32.7 Å². The summed E-state index contributed by atoms with van der Waals surface area (Å²) < 4.78 is 42.2. The van der Waals surface area contributed by atoms with Gasteiger partial charge in [0.25, 0.3) is 11.5 Å². The van der Waals surface area contributed by atoms with Gasteiger partial charge in [-0.25, -0.2) is 9.97 Å². The third kappa shape index (κ3) is 4.67. The number of nitrogens with one attached hydrogen (secondary N) is 1. The number of nitrogens with zero attached hydrogens (tertiary/aromatic N) is 7. The zero-order chi connectivity index (χ0) is 32.7. The van der Waals surface area contributed by atoms with Gasteiger partial charge in [-0.1, -0.05) is 11.6 Å². The van der Waals surface area contributed by atoms with Crippen LogP contribution < -0.4 is 10.9 Å². The highest BCUT2D eigenvalue weighted by Gasteiger charge is 2.58. The van der Waals surface area contributed by atoms with Crippen molar-refractivity contribution in [1.29, 1.82) is 0 Å². The first kappa shape index (κ1) is 30.6. The Kier molecular flexibility index (Phi) is 7.15. The first-order valence-corrected chi connectivity index (χ1v) is 15.6. The Morgan fingerprint density at radius 2 is 2.00 bits per heavy atom. The van der Waals surface area contributed by atoms with Gasteiger partial charge in [0.15, 0.2) is 11.4 Å². The monoisotopic (exact) mass is 720 g/mol. The number of aromatic nitrogens is 6. The van der Waals surface area contributed by atoms with Crippen molar-refractivity contribution < 1.29 is 27.9 Å². The predicted octanol–water partition coefficient (Wildman–Crippen LogP) is 4.28. The SMILES string of the molecule is Cc1ncnc(C(=O)N2CCC3(CCc4c3c(=O)n3nc(Br)nc3n4CC(=O)Nc3ccc(C(F)(F)F)cc3Cl)C3CCC32)c1O. The number of carbonyl (C=O) groups excluding carboxylic acids is 2. The Balaban J connectivity index is 1.23. The van der Waals surface area contributed by atoms with Gasteiger partial charge in [0.1, 0.15) is 12.9 Å². The number of benzene rings is 1. The average molecular weight is 722 g/mol. The van der Waals surface area contributed by atoms with Crippen LogP contribution in [0.2, 0.25) is 5.02 Å². The van der Waals surface area contributed by atoms with Crippen molar-refractivity contribution in [3.8, 4) is 5.75 Å². The highest BCUT2D eigenvalue weighted by atomic mass is 79.9. The number of hydrogen-bond donors (Lipinski definition) is 2. The van der Waals surface area contributed by atoms with Gasteiger partial charge in [-0.2, -0.15) is 22.7 Å². The number of anilines is 1. The number of rotatable bonds is 4. The fourth-order valence-electron chi connectivity index (χ4n) is 7.40. The summed E-state index contributed by atoms with van der Waals surface area (Å²) in [5.74, 6) is -1.16. The number of alkyl halides is 3. The molecule has 46 heavy (non-hydrogen) atoms. The minimum Gasteiger partial charge on any atom is -0.504 e. The Morgan fingerprint density at radius 1 is 1.22 bits per heavy atom. The van der Waals surface area contributed by atoms with Crippen molar-refractivity contribution >= 4 is 50.8 Å². The molecule has 7 rings (SSSR count). The van der Waals surface area contributed by atoms with Crippen LogP contribution in [0.4, 0.5) is 18.9 Å². The second-order valence-corrected chi connectivity index (χ2v) is 13.0. The van der Waals surface area contributed by atoms with E-state index in [2.05, 4.69) is 41.3 Å². The number of carbonyl (C=O) groups is 2. The second kappa shape index (κ2) is 10.8. The first-order valence-electron chi connectivity index (χ1n) is 14.5. The quantitative estimate of drug-likeness (QED) is 0.318. The topological polar surface area (TPSA) is 148 Å². The molecule has 2 amide bonds. The molecule has 0 radical (unpaired) electrons. The van der Waals surface area contributed by atoms with E-state index in [-0.39, 0.29) is 56.7 Å². The maximum atomic E-state index is 14.1. The molecule has 4 aromatic rings. The molecule has 240 valence electrons. The van der Waals surface area contributed by atoms with Gasteiger partial charge in [-0.05, 0) is 79.1 Å². The molecule has 2 fully saturated rings. The lowest BCUT2D eigenvalue weighted by atomic mass is 9.56. The number of aromatic hydroxyl groups is 1. The van der Waals surface area contributed by atoms with E-state index in [4.69, 9.17) is 11.6 Å². The van der Waals surface area contributed by atoms with Crippen LogP contribution in [0.1, 0.15) is 58.7 Å². The second-order valence-electron chi connectivity index (χ2n) is 11.9. The predicted molar refractivity (Wildman–Crippen MR) is 161 cm³/mol. The molecule has 3 atom stereocenters. The molecular weight excluding hydrogens is 697 g/mol. The molecule has 12 nitrogen and oxygen atoms in total. The summed E-state index contributed by atoms with van der Waals surface area (Å²) in [6.45, 7) is 1.61. The van der Waals surface area contributed by atoms with Crippen LogP contribution in [0.15, 0.2) is 34.1 Å². The number of likely N-dealkylation sites (tertiary alicyclic amines) is 1. The van der Waals surface area contributed by atoms with Crippen molar-refractivity contribution in [1.82, 2.24) is 34.0 Å². The van der Waals surface area contributed by atoms with E-state index in [0.29, 0.717) is 42.8 Å². The van der Waals surface area contributed by atoms with E-state index < -0.39 is 29.0 Å². The smallest absolute Gasteiger partial charge is 0.416 e. The maximum absolute atomic E-state index is 14.1. The Morgan fingerprint density at radius 3 is 2.70 bits per heavy atom. The lowest BCUT2D eigenvalue weighted by molar-refractivity contribution is -0.137. The minimum absolute atomic E-state index is 0.00626. The third-order valence-electron chi connectivity index (χ3n) is 9.62. The van der Waals surface area contributed by atoms with E-state index in [0.717, 1.165) is 35.6 Å². The molecule has 17 heteroatoms. The zero-order valence-corrected chi connectivity index (χ0v) is 26.4. The molecule has 3 aliphatic rings. The summed E-state index contributed by atoms with van der Waals surface area (Å²) in [7, 11) is 0. The highest BCUT2D eigenvalue weighted by molar-refractivity contribution is 9.10. The normalized spacial score (nSPS) is 22.1. The standard InChI is InChI=1S/C29H25BrClF3N8O4/c1-13-23(44)22(36-12-35-13)25(46)40-9-8-28(15-3-5-18(15)40)7-6-19-21(28)24(45)42-27(38-26(30)39-42)41(19)11-20(43)37-17-4-2-14(10-16(17)31)29(32,33)34/h2,4,10,12,15,18,44H,3,5-9,11H2,1H3,(H,37,43).